The van der Waals surface area contributed by atoms with Gasteiger partial charge in [-0.2, -0.15) is 5.10 Å². The largest absolute Gasteiger partial charge is 0.573 e. The first-order chi connectivity index (χ1) is 26.7. The number of hydrogen-bond acceptors (Lipinski definition) is 13. The van der Waals surface area contributed by atoms with E-state index in [-0.39, 0.29) is 45.6 Å². The van der Waals surface area contributed by atoms with Gasteiger partial charge in [0, 0.05) is 24.2 Å². The summed E-state index contributed by atoms with van der Waals surface area (Å²) < 4.78 is 90.4. The van der Waals surface area contributed by atoms with Crippen molar-refractivity contribution in [2.24, 2.45) is 0 Å². The van der Waals surface area contributed by atoms with Crippen LogP contribution in [-0.2, 0) is 18.8 Å². The number of aromatic nitrogens is 4. The van der Waals surface area contributed by atoms with Crippen molar-refractivity contribution >= 4 is 43.2 Å². The molecule has 300 valence electrons. The van der Waals surface area contributed by atoms with Crippen LogP contribution < -0.4 is 19.3 Å². The standard InChI is InChI=1S/C34H29F4N6O12P/c1-17-23(11-21(14-39-17)26-8-10-30-41-29(40-19(3)45)15-43(30)42-26)31(46)44(18(2)24-13-22(6-7-25(24)35)55-34(36,37)38)33(48)54-16-53-32(47)20-5-9-27(28(12-20)52-4)56-57(49,50)51/h5-15,18H,16H2,1-4H3,(H,40,45)(H2,49,50,51)/t18-/m1/s1. The molecular weight excluding hydrogens is 791 g/mol. The third-order valence-corrected chi connectivity index (χ3v) is 8.11. The minimum absolute atomic E-state index is 0.0478. The predicted octanol–water partition coefficient (Wildman–Crippen LogP) is 5.73. The van der Waals surface area contributed by atoms with Crippen molar-refractivity contribution in [1.29, 1.82) is 0 Å². The van der Waals surface area contributed by atoms with E-state index in [1.165, 1.54) is 42.9 Å². The second-order valence-corrected chi connectivity index (χ2v) is 12.8. The zero-order valence-corrected chi connectivity index (χ0v) is 30.7. The maximum atomic E-state index is 15.2. The second-order valence-electron chi connectivity index (χ2n) is 11.7. The number of halogens is 4. The number of anilines is 1. The number of amides is 3. The lowest BCUT2D eigenvalue weighted by Crippen LogP contribution is -2.40. The summed E-state index contributed by atoms with van der Waals surface area (Å²) in [7, 11) is -3.89. The molecular formula is C34H29F4N6O12P. The van der Waals surface area contributed by atoms with E-state index in [1.54, 1.807) is 6.07 Å². The van der Waals surface area contributed by atoms with Crippen molar-refractivity contribution in [3.8, 4) is 28.5 Å². The molecule has 2 aromatic carbocycles. The van der Waals surface area contributed by atoms with Crippen LogP contribution in [0.1, 0.15) is 51.9 Å². The molecule has 23 heteroatoms. The van der Waals surface area contributed by atoms with Crippen LogP contribution in [0.2, 0.25) is 0 Å². The van der Waals surface area contributed by atoms with Crippen molar-refractivity contribution in [1.82, 2.24) is 24.5 Å². The van der Waals surface area contributed by atoms with Crippen LogP contribution in [0.3, 0.4) is 0 Å². The number of fused-ring (bicyclic) bond motifs is 1. The molecule has 5 aromatic rings. The van der Waals surface area contributed by atoms with Crippen molar-refractivity contribution in [2.75, 3.05) is 19.2 Å². The molecule has 0 saturated carbocycles. The lowest BCUT2D eigenvalue weighted by Gasteiger charge is -2.28. The first kappa shape index (κ1) is 41.5. The lowest BCUT2D eigenvalue weighted by molar-refractivity contribution is -0.274. The average molecular weight is 821 g/mol. The summed E-state index contributed by atoms with van der Waals surface area (Å²) in [4.78, 5) is 79.2. The topological polar surface area (TPSA) is 230 Å². The lowest BCUT2D eigenvalue weighted by atomic mass is 10.0. The minimum Gasteiger partial charge on any atom is -0.493 e. The molecule has 0 aliphatic heterocycles. The van der Waals surface area contributed by atoms with Gasteiger partial charge in [0.05, 0.1) is 41.9 Å². The molecule has 18 nitrogen and oxygen atoms in total. The molecule has 3 aromatic heterocycles. The number of rotatable bonds is 12. The summed E-state index contributed by atoms with van der Waals surface area (Å²) in [6.45, 7) is 2.65. The molecule has 0 spiro atoms. The fourth-order valence-electron chi connectivity index (χ4n) is 5.18. The Morgan fingerprint density at radius 1 is 1.02 bits per heavy atom. The molecule has 0 fully saturated rings. The highest BCUT2D eigenvalue weighted by Gasteiger charge is 2.35. The summed E-state index contributed by atoms with van der Waals surface area (Å²) in [5.41, 5.74) is -0.253. The molecule has 0 saturated heterocycles. The second kappa shape index (κ2) is 16.6. The zero-order chi connectivity index (χ0) is 41.8. The van der Waals surface area contributed by atoms with Gasteiger partial charge in [-0.15, -0.1) is 13.2 Å². The number of nitrogens with one attached hydrogen (secondary N) is 1. The van der Waals surface area contributed by atoms with E-state index < -0.39 is 67.9 Å². The highest BCUT2D eigenvalue weighted by molar-refractivity contribution is 7.46. The number of imide groups is 1. The smallest absolute Gasteiger partial charge is 0.493 e. The molecule has 3 N–H and O–H groups in total. The summed E-state index contributed by atoms with van der Waals surface area (Å²) in [6.07, 6.45) is -3.93. The van der Waals surface area contributed by atoms with Crippen molar-refractivity contribution in [3.63, 3.8) is 0 Å². The normalized spacial score (nSPS) is 12.0. The zero-order valence-electron chi connectivity index (χ0n) is 29.8. The Morgan fingerprint density at radius 3 is 2.42 bits per heavy atom. The minimum atomic E-state index is -5.17. The van der Waals surface area contributed by atoms with Gasteiger partial charge in [-0.3, -0.25) is 24.4 Å². The van der Waals surface area contributed by atoms with E-state index in [1.807, 2.05) is 0 Å². The molecule has 5 rings (SSSR count). The number of benzene rings is 2. The van der Waals surface area contributed by atoms with Crippen LogP contribution in [-0.4, -0.2) is 78.4 Å². The fraction of sp³-hybridized carbons (Fsp3) is 0.206. The number of esters is 1. The first-order valence-corrected chi connectivity index (χ1v) is 17.5. The average Bonchev–Trinajstić information content (AvgIpc) is 3.52. The maximum Gasteiger partial charge on any atom is 0.573 e. The van der Waals surface area contributed by atoms with Crippen LogP contribution in [0, 0.1) is 12.7 Å². The van der Waals surface area contributed by atoms with Gasteiger partial charge in [0.15, 0.2) is 23.0 Å². The molecule has 57 heavy (non-hydrogen) atoms. The molecule has 0 bridgehead atoms. The van der Waals surface area contributed by atoms with Gasteiger partial charge in [-0.05, 0) is 68.4 Å². The third-order valence-electron chi connectivity index (χ3n) is 7.68. The number of aryl methyl sites for hydroxylation is 1. The summed E-state index contributed by atoms with van der Waals surface area (Å²) in [5.74, 6) is -5.19. The van der Waals surface area contributed by atoms with Gasteiger partial charge < -0.3 is 28.8 Å². The number of hydrogen-bond donors (Lipinski definition) is 3. The number of alkyl halides is 3. The number of phosphoric acid groups is 1. The molecule has 3 heterocycles. The number of ether oxygens (including phenoxy) is 4. The molecule has 0 aliphatic carbocycles. The molecule has 0 unspecified atom stereocenters. The summed E-state index contributed by atoms with van der Waals surface area (Å²) in [5, 5.41) is 6.95. The number of pyridine rings is 1. The van der Waals surface area contributed by atoms with E-state index in [4.69, 9.17) is 24.0 Å². The summed E-state index contributed by atoms with van der Waals surface area (Å²) in [6, 6.07) is 7.66. The maximum absolute atomic E-state index is 15.2. The Labute approximate surface area is 318 Å². The highest BCUT2D eigenvalue weighted by atomic mass is 31.2. The summed E-state index contributed by atoms with van der Waals surface area (Å²) >= 11 is 0. The molecule has 3 amide bonds. The Bertz CT molecular complexity index is 2420. The monoisotopic (exact) mass is 820 g/mol. The number of methoxy groups -OCH3 is 1. The van der Waals surface area contributed by atoms with E-state index in [0.29, 0.717) is 28.7 Å². The Kier molecular flexibility index (Phi) is 12.1. The first-order valence-electron chi connectivity index (χ1n) is 16.0. The van der Waals surface area contributed by atoms with E-state index in [2.05, 4.69) is 29.6 Å². The van der Waals surface area contributed by atoms with E-state index in [0.717, 1.165) is 32.2 Å². The van der Waals surface area contributed by atoms with Crippen LogP contribution in [0.5, 0.6) is 17.2 Å². The quantitative estimate of drug-likeness (QED) is 0.0591. The van der Waals surface area contributed by atoms with Crippen LogP contribution in [0.15, 0.2) is 67.0 Å². The van der Waals surface area contributed by atoms with Crippen LogP contribution in [0.25, 0.3) is 16.9 Å². The number of carbonyl (C=O) groups excluding carboxylic acids is 4. The molecule has 0 aliphatic rings. The van der Waals surface area contributed by atoms with Crippen molar-refractivity contribution in [3.05, 3.63) is 95.2 Å². The fourth-order valence-corrected chi connectivity index (χ4v) is 5.58. The van der Waals surface area contributed by atoms with E-state index >= 15 is 4.39 Å². The van der Waals surface area contributed by atoms with E-state index in [9.17, 15) is 36.9 Å². The molecule has 0 radical (unpaired) electrons. The predicted molar refractivity (Wildman–Crippen MR) is 185 cm³/mol. The van der Waals surface area contributed by atoms with Gasteiger partial charge in [0.2, 0.25) is 12.7 Å². The number of imidazole rings is 1. The van der Waals surface area contributed by atoms with Crippen LogP contribution in [0.4, 0.5) is 28.2 Å². The van der Waals surface area contributed by atoms with Gasteiger partial charge in [0.1, 0.15) is 11.6 Å². The number of carbonyl (C=O) groups is 4. The molecule has 1 atom stereocenters. The van der Waals surface area contributed by atoms with Gasteiger partial charge in [0.25, 0.3) is 5.91 Å². The highest BCUT2D eigenvalue weighted by Crippen LogP contribution is 2.42. The Hall–Kier alpha value is -6.64. The third kappa shape index (κ3) is 10.4. The van der Waals surface area contributed by atoms with Crippen LogP contribution >= 0.6 is 7.82 Å². The number of phosphoric ester groups is 1. The van der Waals surface area contributed by atoms with Crippen molar-refractivity contribution < 1.29 is 74.6 Å². The SMILES string of the molecule is COc1cc(C(=O)OCOC(=O)N(C(=O)c2cc(-c3ccc4nc(NC(C)=O)cn4n3)cnc2C)[C@H](C)c2cc(OC(F)(F)F)ccc2F)ccc1OP(=O)(O)O. The van der Waals surface area contributed by atoms with Crippen molar-refractivity contribution in [2.45, 2.75) is 33.2 Å². The van der Waals surface area contributed by atoms with Gasteiger partial charge in [-0.1, -0.05) is 0 Å². The van der Waals surface area contributed by atoms with Gasteiger partial charge in [-0.25, -0.2) is 32.9 Å². The Morgan fingerprint density at radius 2 is 1.75 bits per heavy atom. The Balaban J connectivity index is 1.45. The number of nitrogens with zero attached hydrogens (tertiary/aromatic N) is 5. The van der Waals surface area contributed by atoms with Gasteiger partial charge >= 0.3 is 26.2 Å².